The molecule has 106 valence electrons. The van der Waals surface area contributed by atoms with Gasteiger partial charge in [-0.1, -0.05) is 0 Å². The first-order valence-corrected chi connectivity index (χ1v) is 5.80. The summed E-state index contributed by atoms with van der Waals surface area (Å²) in [5.74, 6) is -0.736. The fraction of sp³-hybridized carbons (Fsp3) is 0.500. The van der Waals surface area contributed by atoms with Gasteiger partial charge in [-0.25, -0.2) is 9.59 Å². The Kier molecular flexibility index (Phi) is 7.30. The fourth-order valence-electron chi connectivity index (χ4n) is 1.20. The van der Waals surface area contributed by atoms with Crippen molar-refractivity contribution < 1.29 is 28.2 Å². The van der Waals surface area contributed by atoms with Gasteiger partial charge in [-0.2, -0.15) is 0 Å². The smallest absolute Gasteiger partial charge is 0.374 e. The van der Waals surface area contributed by atoms with Gasteiger partial charge in [0, 0.05) is 20.2 Å². The molecule has 0 unspecified atom stereocenters. The highest BCUT2D eigenvalue weighted by molar-refractivity contribution is 5.86. The van der Waals surface area contributed by atoms with Crippen molar-refractivity contribution in [3.05, 3.63) is 24.2 Å². The third-order valence-electron chi connectivity index (χ3n) is 2.04. The van der Waals surface area contributed by atoms with Crippen LogP contribution >= 0.6 is 0 Å². The van der Waals surface area contributed by atoms with Gasteiger partial charge in [-0.05, 0) is 12.1 Å². The van der Waals surface area contributed by atoms with E-state index >= 15 is 0 Å². The summed E-state index contributed by atoms with van der Waals surface area (Å²) in [7, 11) is 1.42. The molecule has 0 saturated carbocycles. The Hall–Kier alpha value is -1.86. The maximum absolute atomic E-state index is 11.3. The highest BCUT2D eigenvalue weighted by Crippen LogP contribution is 2.01. The van der Waals surface area contributed by atoms with Crippen LogP contribution in [0.1, 0.15) is 10.6 Å². The van der Waals surface area contributed by atoms with E-state index in [1.807, 2.05) is 0 Å². The predicted molar refractivity (Wildman–Crippen MR) is 64.7 cm³/mol. The van der Waals surface area contributed by atoms with E-state index in [4.69, 9.17) is 13.9 Å². The SMILES string of the molecule is COCC(=O)OCCNCCOC(=O)c1ccco1. The van der Waals surface area contributed by atoms with Crippen LogP contribution in [0, 0.1) is 0 Å². The highest BCUT2D eigenvalue weighted by atomic mass is 16.6. The quantitative estimate of drug-likeness (QED) is 0.507. The molecule has 0 aromatic carbocycles. The second-order valence-electron chi connectivity index (χ2n) is 3.52. The molecule has 0 aliphatic carbocycles. The molecule has 1 heterocycles. The first-order valence-electron chi connectivity index (χ1n) is 5.80. The lowest BCUT2D eigenvalue weighted by atomic mass is 10.4. The minimum absolute atomic E-state index is 0.0548. The van der Waals surface area contributed by atoms with E-state index in [9.17, 15) is 9.59 Å². The summed E-state index contributed by atoms with van der Waals surface area (Å²) in [6, 6.07) is 3.15. The molecule has 1 rings (SSSR count). The van der Waals surface area contributed by atoms with Gasteiger partial charge in [-0.3, -0.25) is 0 Å². The Balaban J connectivity index is 1.94. The summed E-state index contributed by atoms with van der Waals surface area (Å²) in [6.07, 6.45) is 1.41. The number of esters is 2. The van der Waals surface area contributed by atoms with Gasteiger partial charge in [0.15, 0.2) is 0 Å². The van der Waals surface area contributed by atoms with Gasteiger partial charge >= 0.3 is 11.9 Å². The molecule has 0 amide bonds. The number of carbonyl (C=O) groups is 2. The topological polar surface area (TPSA) is 87.0 Å². The summed E-state index contributed by atoms with van der Waals surface area (Å²) < 4.78 is 19.2. The Morgan fingerprint density at radius 2 is 2.00 bits per heavy atom. The lowest BCUT2D eigenvalue weighted by Gasteiger charge is -2.06. The zero-order valence-electron chi connectivity index (χ0n) is 10.7. The van der Waals surface area contributed by atoms with Gasteiger partial charge in [-0.15, -0.1) is 0 Å². The van der Waals surface area contributed by atoms with Crippen molar-refractivity contribution in [2.45, 2.75) is 0 Å². The summed E-state index contributed by atoms with van der Waals surface area (Å²) in [4.78, 5) is 22.2. The number of ether oxygens (including phenoxy) is 3. The number of furan rings is 1. The van der Waals surface area contributed by atoms with Gasteiger partial charge in [0.25, 0.3) is 0 Å². The number of hydrogen-bond acceptors (Lipinski definition) is 7. The Morgan fingerprint density at radius 3 is 2.63 bits per heavy atom. The molecular weight excluding hydrogens is 254 g/mol. The molecule has 7 heteroatoms. The zero-order chi connectivity index (χ0) is 13.9. The van der Waals surface area contributed by atoms with Crippen molar-refractivity contribution in [2.24, 2.45) is 0 Å². The zero-order valence-corrected chi connectivity index (χ0v) is 10.7. The van der Waals surface area contributed by atoms with E-state index in [-0.39, 0.29) is 25.6 Å². The van der Waals surface area contributed by atoms with Crippen molar-refractivity contribution in [1.82, 2.24) is 5.32 Å². The first kappa shape index (κ1) is 15.2. The average Bonchev–Trinajstić information content (AvgIpc) is 2.91. The summed E-state index contributed by atoms with van der Waals surface area (Å²) >= 11 is 0. The molecular formula is C12H17NO6. The van der Waals surface area contributed by atoms with Crippen molar-refractivity contribution in [2.75, 3.05) is 40.0 Å². The first-order chi connectivity index (χ1) is 9.24. The molecule has 1 aromatic heterocycles. The van der Waals surface area contributed by atoms with Crippen molar-refractivity contribution in [3.8, 4) is 0 Å². The number of nitrogens with one attached hydrogen (secondary N) is 1. The average molecular weight is 271 g/mol. The van der Waals surface area contributed by atoms with Gasteiger partial charge in [0.05, 0.1) is 6.26 Å². The third-order valence-corrected chi connectivity index (χ3v) is 2.04. The summed E-state index contributed by atoms with van der Waals surface area (Å²) in [5.41, 5.74) is 0. The van der Waals surface area contributed by atoms with Gasteiger partial charge in [0.2, 0.25) is 5.76 Å². The van der Waals surface area contributed by atoms with Gasteiger partial charge < -0.3 is 23.9 Å². The number of methoxy groups -OCH3 is 1. The molecule has 1 aromatic rings. The monoisotopic (exact) mass is 271 g/mol. The van der Waals surface area contributed by atoms with Crippen LogP contribution in [0.15, 0.2) is 22.8 Å². The molecule has 0 spiro atoms. The molecule has 7 nitrogen and oxygen atoms in total. The van der Waals surface area contributed by atoms with Crippen molar-refractivity contribution in [3.63, 3.8) is 0 Å². The molecule has 1 N–H and O–H groups in total. The van der Waals surface area contributed by atoms with Crippen molar-refractivity contribution >= 4 is 11.9 Å². The van der Waals surface area contributed by atoms with Crippen molar-refractivity contribution in [1.29, 1.82) is 0 Å². The highest BCUT2D eigenvalue weighted by Gasteiger charge is 2.08. The number of hydrogen-bond donors (Lipinski definition) is 1. The largest absolute Gasteiger partial charge is 0.463 e. The Morgan fingerprint density at radius 1 is 1.26 bits per heavy atom. The van der Waals surface area contributed by atoms with E-state index < -0.39 is 11.9 Å². The fourth-order valence-corrected chi connectivity index (χ4v) is 1.20. The van der Waals surface area contributed by atoms with Crippen LogP contribution in [-0.4, -0.2) is 52.0 Å². The molecule has 0 saturated heterocycles. The van der Waals surface area contributed by atoms with Crippen LogP contribution in [-0.2, 0) is 19.0 Å². The lowest BCUT2D eigenvalue weighted by molar-refractivity contribution is -0.147. The third kappa shape index (κ3) is 6.58. The van der Waals surface area contributed by atoms with E-state index in [0.717, 1.165) is 0 Å². The van der Waals surface area contributed by atoms with Crippen LogP contribution < -0.4 is 5.32 Å². The lowest BCUT2D eigenvalue weighted by Crippen LogP contribution is -2.26. The van der Waals surface area contributed by atoms with E-state index in [2.05, 4.69) is 10.1 Å². The Bertz CT molecular complexity index is 376. The molecule has 19 heavy (non-hydrogen) atoms. The number of carbonyl (C=O) groups excluding carboxylic acids is 2. The normalized spacial score (nSPS) is 10.2. The Labute approximate surface area is 110 Å². The standard InChI is InChI=1S/C12H17NO6/c1-16-9-11(14)18-7-4-13-5-8-19-12(15)10-3-2-6-17-10/h2-3,6,13H,4-5,7-9H2,1H3. The molecule has 0 aliphatic heterocycles. The minimum atomic E-state index is -0.502. The minimum Gasteiger partial charge on any atom is -0.463 e. The summed E-state index contributed by atoms with van der Waals surface area (Å²) in [5, 5.41) is 2.96. The van der Waals surface area contributed by atoms with E-state index in [1.165, 1.54) is 19.4 Å². The predicted octanol–water partition coefficient (Wildman–Crippen LogP) is 0.216. The molecule has 0 aliphatic rings. The molecule has 0 bridgehead atoms. The maximum Gasteiger partial charge on any atom is 0.374 e. The van der Waals surface area contributed by atoms with Crippen LogP contribution in [0.3, 0.4) is 0 Å². The molecule has 0 radical (unpaired) electrons. The van der Waals surface area contributed by atoms with Crippen LogP contribution in [0.4, 0.5) is 0 Å². The second-order valence-corrected chi connectivity index (χ2v) is 3.52. The van der Waals surface area contributed by atoms with E-state index in [1.54, 1.807) is 6.07 Å². The van der Waals surface area contributed by atoms with Crippen LogP contribution in [0.25, 0.3) is 0 Å². The maximum atomic E-state index is 11.3. The van der Waals surface area contributed by atoms with Gasteiger partial charge in [0.1, 0.15) is 19.8 Å². The summed E-state index contributed by atoms with van der Waals surface area (Å²) in [6.45, 7) is 1.35. The van der Waals surface area contributed by atoms with Crippen LogP contribution in [0.5, 0.6) is 0 Å². The number of rotatable bonds is 9. The van der Waals surface area contributed by atoms with E-state index in [0.29, 0.717) is 13.1 Å². The molecule has 0 fully saturated rings. The van der Waals surface area contributed by atoms with Crippen LogP contribution in [0.2, 0.25) is 0 Å². The second kappa shape index (κ2) is 9.12. The molecule has 0 atom stereocenters.